The summed E-state index contributed by atoms with van der Waals surface area (Å²) in [6.45, 7) is 5.84. The van der Waals surface area contributed by atoms with Gasteiger partial charge in [0.05, 0.1) is 18.9 Å². The molecule has 2 aromatic carbocycles. The van der Waals surface area contributed by atoms with Crippen LogP contribution in [0.15, 0.2) is 64.8 Å². The Kier molecular flexibility index (Phi) is 5.80. The van der Waals surface area contributed by atoms with Crippen molar-refractivity contribution < 1.29 is 9.47 Å². The predicted molar refractivity (Wildman–Crippen MR) is 141 cm³/mol. The number of rotatable bonds is 5. The third-order valence-corrected chi connectivity index (χ3v) is 7.55. The molecule has 4 heterocycles. The average molecular weight is 486 g/mol. The summed E-state index contributed by atoms with van der Waals surface area (Å²) in [4.78, 5) is 19.1. The first kappa shape index (κ1) is 21.9. The fraction of sp³-hybridized carbons (Fsp3) is 0.250. The highest BCUT2D eigenvalue weighted by Gasteiger charge is 2.22. The van der Waals surface area contributed by atoms with Gasteiger partial charge in [0.15, 0.2) is 0 Å². The number of pyridine rings is 1. The average Bonchev–Trinajstić information content (AvgIpc) is 3.31. The highest BCUT2D eigenvalue weighted by atomic mass is 32.1. The molecule has 0 spiro atoms. The maximum atomic E-state index is 12.5. The molecule has 0 radical (unpaired) electrons. The largest absolute Gasteiger partial charge is 0.456 e. The first-order valence-corrected chi connectivity index (χ1v) is 12.8. The first-order chi connectivity index (χ1) is 17.1. The molecule has 0 atom stereocenters. The quantitative estimate of drug-likeness (QED) is 0.341. The number of aromatic amines is 1. The standard InChI is InChI=1S/C28H27N3O3S/c1-18-11-23(35-17-18)16-29-21-5-6-26-20(13-21)12-19-3-2-4-24(28(19)34-26)25-14-22(15-27(32)30-25)31-7-9-33-10-8-31/h2-6,11,13-15,17,29H,7-10,12,16H2,1H3,(H,30,32). The summed E-state index contributed by atoms with van der Waals surface area (Å²) < 4.78 is 11.9. The Labute approximate surface area is 208 Å². The minimum atomic E-state index is -0.116. The second-order valence-electron chi connectivity index (χ2n) is 9.05. The van der Waals surface area contributed by atoms with Gasteiger partial charge in [-0.15, -0.1) is 11.3 Å². The third kappa shape index (κ3) is 4.57. The van der Waals surface area contributed by atoms with E-state index in [2.05, 4.69) is 51.8 Å². The molecule has 6 nitrogen and oxygen atoms in total. The van der Waals surface area contributed by atoms with Crippen molar-refractivity contribution in [3.05, 3.63) is 91.9 Å². The van der Waals surface area contributed by atoms with E-state index in [-0.39, 0.29) is 5.56 Å². The van der Waals surface area contributed by atoms with Crippen LogP contribution >= 0.6 is 11.3 Å². The molecule has 0 saturated carbocycles. The molecule has 1 saturated heterocycles. The summed E-state index contributed by atoms with van der Waals surface area (Å²) in [5.41, 5.74) is 7.11. The lowest BCUT2D eigenvalue weighted by atomic mass is 9.96. The van der Waals surface area contributed by atoms with Gasteiger partial charge >= 0.3 is 0 Å². The summed E-state index contributed by atoms with van der Waals surface area (Å²) >= 11 is 1.78. The zero-order valence-electron chi connectivity index (χ0n) is 19.6. The van der Waals surface area contributed by atoms with Gasteiger partial charge in [0.2, 0.25) is 5.56 Å². The fourth-order valence-corrected chi connectivity index (χ4v) is 5.56. The number of hydrogen-bond donors (Lipinski definition) is 2. The Morgan fingerprint density at radius 3 is 2.77 bits per heavy atom. The SMILES string of the molecule is Cc1csc(CNc2ccc3c(c2)Cc2cccc(-c4cc(N5CCOCC5)cc(=O)[nH]4)c2O3)c1. The minimum absolute atomic E-state index is 0.116. The zero-order chi connectivity index (χ0) is 23.8. The number of aromatic nitrogens is 1. The lowest BCUT2D eigenvalue weighted by Crippen LogP contribution is -2.36. The van der Waals surface area contributed by atoms with Gasteiger partial charge in [0.1, 0.15) is 11.5 Å². The van der Waals surface area contributed by atoms with Gasteiger partial charge in [-0.25, -0.2) is 0 Å². The van der Waals surface area contributed by atoms with Gasteiger partial charge in [-0.3, -0.25) is 4.79 Å². The molecule has 7 heteroatoms. The van der Waals surface area contributed by atoms with Crippen molar-refractivity contribution in [3.8, 4) is 22.8 Å². The molecule has 2 aliphatic rings. The Morgan fingerprint density at radius 2 is 1.94 bits per heavy atom. The third-order valence-electron chi connectivity index (χ3n) is 6.50. The predicted octanol–water partition coefficient (Wildman–Crippen LogP) is 5.56. The molecular weight excluding hydrogens is 458 g/mol. The van der Waals surface area contributed by atoms with E-state index in [1.807, 2.05) is 24.3 Å². The number of thiophene rings is 1. The van der Waals surface area contributed by atoms with Crippen LogP contribution in [-0.4, -0.2) is 31.3 Å². The maximum absolute atomic E-state index is 12.5. The molecule has 2 N–H and O–H groups in total. The van der Waals surface area contributed by atoms with Crippen molar-refractivity contribution in [1.29, 1.82) is 0 Å². The van der Waals surface area contributed by atoms with Crippen LogP contribution in [0.25, 0.3) is 11.3 Å². The Balaban J connectivity index is 1.27. The second-order valence-corrected chi connectivity index (χ2v) is 10.1. The lowest BCUT2D eigenvalue weighted by molar-refractivity contribution is 0.122. The van der Waals surface area contributed by atoms with E-state index in [0.717, 1.165) is 71.3 Å². The van der Waals surface area contributed by atoms with Crippen molar-refractivity contribution in [2.24, 2.45) is 0 Å². The van der Waals surface area contributed by atoms with Crippen LogP contribution in [0.1, 0.15) is 21.6 Å². The first-order valence-electron chi connectivity index (χ1n) is 11.9. The number of ether oxygens (including phenoxy) is 2. The molecule has 35 heavy (non-hydrogen) atoms. The molecule has 2 aliphatic heterocycles. The number of anilines is 2. The van der Waals surface area contributed by atoms with Crippen molar-refractivity contribution >= 4 is 22.7 Å². The van der Waals surface area contributed by atoms with Crippen molar-refractivity contribution in [2.75, 3.05) is 36.5 Å². The van der Waals surface area contributed by atoms with Gasteiger partial charge in [0, 0.05) is 59.5 Å². The number of fused-ring (bicyclic) bond motifs is 2. The second kappa shape index (κ2) is 9.24. The van der Waals surface area contributed by atoms with Crippen molar-refractivity contribution in [3.63, 3.8) is 0 Å². The monoisotopic (exact) mass is 485 g/mol. The summed E-state index contributed by atoms with van der Waals surface area (Å²) in [6, 6.07) is 18.3. The number of H-pyrrole nitrogens is 1. The number of aryl methyl sites for hydroxylation is 1. The molecule has 0 unspecified atom stereocenters. The fourth-order valence-electron chi connectivity index (χ4n) is 4.75. The number of nitrogens with one attached hydrogen (secondary N) is 2. The zero-order valence-corrected chi connectivity index (χ0v) is 20.4. The van der Waals surface area contributed by atoms with Crippen LogP contribution in [0.5, 0.6) is 11.5 Å². The van der Waals surface area contributed by atoms with Crippen LogP contribution < -0.4 is 20.5 Å². The Morgan fingerprint density at radius 1 is 1.06 bits per heavy atom. The highest BCUT2D eigenvalue weighted by Crippen LogP contribution is 2.43. The van der Waals surface area contributed by atoms with Crippen LogP contribution in [0, 0.1) is 6.92 Å². The van der Waals surface area contributed by atoms with Crippen LogP contribution in [0.3, 0.4) is 0 Å². The maximum Gasteiger partial charge on any atom is 0.250 e. The number of para-hydroxylation sites is 1. The van der Waals surface area contributed by atoms with E-state index in [1.165, 1.54) is 10.4 Å². The lowest BCUT2D eigenvalue weighted by Gasteiger charge is -2.29. The van der Waals surface area contributed by atoms with Crippen molar-refractivity contribution in [1.82, 2.24) is 4.98 Å². The summed E-state index contributed by atoms with van der Waals surface area (Å²) in [6.07, 6.45) is 0.777. The highest BCUT2D eigenvalue weighted by molar-refractivity contribution is 7.10. The molecule has 178 valence electrons. The number of nitrogens with zero attached hydrogens (tertiary/aromatic N) is 1. The summed E-state index contributed by atoms with van der Waals surface area (Å²) in [5, 5.41) is 5.71. The molecule has 0 aliphatic carbocycles. The molecule has 0 bridgehead atoms. The number of morpholine rings is 1. The smallest absolute Gasteiger partial charge is 0.250 e. The van der Waals surface area contributed by atoms with Crippen LogP contribution in [-0.2, 0) is 17.7 Å². The minimum Gasteiger partial charge on any atom is -0.456 e. The summed E-state index contributed by atoms with van der Waals surface area (Å²) in [5.74, 6) is 1.67. The van der Waals surface area contributed by atoms with E-state index in [4.69, 9.17) is 9.47 Å². The van der Waals surface area contributed by atoms with Crippen LogP contribution in [0.2, 0.25) is 0 Å². The Bertz CT molecular complexity index is 1440. The van der Waals surface area contributed by atoms with E-state index in [0.29, 0.717) is 13.2 Å². The normalized spacial score (nSPS) is 14.7. The van der Waals surface area contributed by atoms with Crippen LogP contribution in [0.4, 0.5) is 11.4 Å². The number of hydrogen-bond acceptors (Lipinski definition) is 6. The van der Waals surface area contributed by atoms with E-state index >= 15 is 0 Å². The van der Waals surface area contributed by atoms with E-state index in [1.54, 1.807) is 17.4 Å². The van der Waals surface area contributed by atoms with Gasteiger partial charge in [-0.2, -0.15) is 0 Å². The van der Waals surface area contributed by atoms with E-state index in [9.17, 15) is 4.79 Å². The molecule has 0 amide bonds. The van der Waals surface area contributed by atoms with Crippen molar-refractivity contribution in [2.45, 2.75) is 19.9 Å². The number of benzene rings is 2. The van der Waals surface area contributed by atoms with E-state index < -0.39 is 0 Å². The molecule has 6 rings (SSSR count). The van der Waals surface area contributed by atoms with Gasteiger partial charge in [-0.05, 0) is 59.8 Å². The van der Waals surface area contributed by atoms with Gasteiger partial charge < -0.3 is 24.7 Å². The molecule has 4 aromatic rings. The topological polar surface area (TPSA) is 66.6 Å². The molecular formula is C28H27N3O3S. The summed E-state index contributed by atoms with van der Waals surface area (Å²) in [7, 11) is 0. The van der Waals surface area contributed by atoms with Gasteiger partial charge in [-0.1, -0.05) is 12.1 Å². The van der Waals surface area contributed by atoms with Gasteiger partial charge in [0.25, 0.3) is 0 Å². The molecule has 1 fully saturated rings. The Hall–Kier alpha value is -3.55. The molecule has 2 aromatic heterocycles.